The number of hydrogen-bond donors (Lipinski definition) is 1. The first-order chi connectivity index (χ1) is 14.5. The van der Waals surface area contributed by atoms with Crippen molar-refractivity contribution in [2.75, 3.05) is 39.7 Å². The van der Waals surface area contributed by atoms with E-state index < -0.39 is 10.8 Å². The SMILES string of the molecule is CCC1CC2CN3CCC4(C(=O)Nc5cc(OC)c(OC)cc54)C(C(=O)OC)(C2)C13. The number of rotatable bonds is 4. The second kappa shape index (κ2) is 6.61. The predicted octanol–water partition coefficient (Wildman–Crippen LogP) is 2.58. The molecule has 5 aliphatic rings. The maximum atomic E-state index is 13.8. The fourth-order valence-electron chi connectivity index (χ4n) is 7.33. The van der Waals surface area contributed by atoms with Gasteiger partial charge in [0.2, 0.25) is 5.91 Å². The van der Waals surface area contributed by atoms with Crippen LogP contribution in [0.4, 0.5) is 5.69 Å². The number of carbonyl (C=O) groups excluding carboxylic acids is 2. The Morgan fingerprint density at radius 2 is 1.97 bits per heavy atom. The molecule has 4 fully saturated rings. The molecule has 1 aromatic carbocycles. The number of methoxy groups -OCH3 is 3. The summed E-state index contributed by atoms with van der Waals surface area (Å²) in [5, 5.41) is 3.08. The van der Waals surface area contributed by atoms with Crippen molar-refractivity contribution in [3.63, 3.8) is 0 Å². The van der Waals surface area contributed by atoms with Crippen LogP contribution < -0.4 is 14.8 Å². The molecular weight excluding hydrogens is 384 g/mol. The van der Waals surface area contributed by atoms with Crippen LogP contribution in [0.1, 0.15) is 38.2 Å². The minimum absolute atomic E-state index is 0.0125. The molecule has 1 aromatic rings. The van der Waals surface area contributed by atoms with Crippen LogP contribution in [0.15, 0.2) is 12.1 Å². The van der Waals surface area contributed by atoms with Crippen LogP contribution in [0.25, 0.3) is 0 Å². The second-order valence-electron chi connectivity index (χ2n) is 9.24. The van der Waals surface area contributed by atoms with Crippen LogP contribution >= 0.6 is 0 Å². The number of benzene rings is 1. The average molecular weight is 415 g/mol. The summed E-state index contributed by atoms with van der Waals surface area (Å²) in [7, 11) is 4.63. The van der Waals surface area contributed by atoms with Gasteiger partial charge in [0.1, 0.15) is 5.41 Å². The van der Waals surface area contributed by atoms with Gasteiger partial charge < -0.3 is 19.5 Å². The molecule has 0 aromatic heterocycles. The molecule has 1 amide bonds. The molecule has 7 nitrogen and oxygen atoms in total. The van der Waals surface area contributed by atoms with Crippen molar-refractivity contribution in [1.82, 2.24) is 4.90 Å². The Balaban J connectivity index is 1.78. The molecule has 6 rings (SSSR count). The smallest absolute Gasteiger partial charge is 0.314 e. The van der Waals surface area contributed by atoms with Crippen LogP contribution in [0.2, 0.25) is 0 Å². The number of piperidine rings is 3. The van der Waals surface area contributed by atoms with Gasteiger partial charge in [0.05, 0.1) is 26.7 Å². The largest absolute Gasteiger partial charge is 0.493 e. The molecule has 4 heterocycles. The highest BCUT2D eigenvalue weighted by Crippen LogP contribution is 2.66. The van der Waals surface area contributed by atoms with E-state index in [2.05, 4.69) is 17.1 Å². The number of amides is 1. The molecular formula is C23H30N2O5. The molecule has 6 unspecified atom stereocenters. The number of nitrogens with zero attached hydrogens (tertiary/aromatic N) is 1. The number of carbonyl (C=O) groups is 2. The fraction of sp³-hybridized carbons (Fsp3) is 0.652. The normalized spacial score (nSPS) is 38.2. The summed E-state index contributed by atoms with van der Waals surface area (Å²) in [4.78, 5) is 29.9. The van der Waals surface area contributed by atoms with Crippen LogP contribution in [-0.4, -0.2) is 57.2 Å². The Morgan fingerprint density at radius 1 is 1.23 bits per heavy atom. The van der Waals surface area contributed by atoms with Crippen molar-refractivity contribution in [3.05, 3.63) is 17.7 Å². The second-order valence-corrected chi connectivity index (χ2v) is 9.24. The minimum Gasteiger partial charge on any atom is -0.493 e. The summed E-state index contributed by atoms with van der Waals surface area (Å²) >= 11 is 0. The molecule has 1 N–H and O–H groups in total. The first-order valence-corrected chi connectivity index (χ1v) is 10.9. The van der Waals surface area contributed by atoms with Gasteiger partial charge in [0, 0.05) is 24.3 Å². The summed E-state index contributed by atoms with van der Waals surface area (Å²) in [6.07, 6.45) is 3.40. The van der Waals surface area contributed by atoms with Gasteiger partial charge in [-0.05, 0) is 49.3 Å². The molecule has 6 atom stereocenters. The van der Waals surface area contributed by atoms with Crippen LogP contribution in [0.5, 0.6) is 11.5 Å². The zero-order valence-corrected chi connectivity index (χ0v) is 18.1. The van der Waals surface area contributed by atoms with E-state index in [1.807, 2.05) is 12.1 Å². The van der Waals surface area contributed by atoms with E-state index in [1.54, 1.807) is 14.2 Å². The third kappa shape index (κ3) is 2.14. The number of anilines is 1. The molecule has 1 saturated carbocycles. The van der Waals surface area contributed by atoms with Gasteiger partial charge >= 0.3 is 5.97 Å². The number of ether oxygens (including phenoxy) is 3. The van der Waals surface area contributed by atoms with E-state index in [1.165, 1.54) is 7.11 Å². The van der Waals surface area contributed by atoms with Gasteiger partial charge in [-0.1, -0.05) is 13.3 Å². The van der Waals surface area contributed by atoms with E-state index in [0.29, 0.717) is 41.9 Å². The lowest BCUT2D eigenvalue weighted by Crippen LogP contribution is -2.76. The topological polar surface area (TPSA) is 77.1 Å². The first kappa shape index (κ1) is 19.7. The summed E-state index contributed by atoms with van der Waals surface area (Å²) in [5.74, 6) is 1.56. The van der Waals surface area contributed by atoms with Gasteiger partial charge in [-0.3, -0.25) is 14.5 Å². The molecule has 4 aliphatic heterocycles. The van der Waals surface area contributed by atoms with Gasteiger partial charge in [-0.2, -0.15) is 0 Å². The van der Waals surface area contributed by atoms with Crippen molar-refractivity contribution in [3.8, 4) is 11.5 Å². The van der Waals surface area contributed by atoms with Gasteiger partial charge in [-0.15, -0.1) is 0 Å². The average Bonchev–Trinajstić information content (AvgIpc) is 3.05. The third-order valence-electron chi connectivity index (χ3n) is 8.31. The van der Waals surface area contributed by atoms with E-state index in [4.69, 9.17) is 14.2 Å². The summed E-state index contributed by atoms with van der Waals surface area (Å²) in [5.41, 5.74) is -0.291. The lowest BCUT2D eigenvalue weighted by Gasteiger charge is -2.66. The molecule has 1 spiro atoms. The van der Waals surface area contributed by atoms with Crippen molar-refractivity contribution < 1.29 is 23.8 Å². The lowest BCUT2D eigenvalue weighted by atomic mass is 9.44. The maximum Gasteiger partial charge on any atom is 0.314 e. The summed E-state index contributed by atoms with van der Waals surface area (Å²) in [6.45, 7) is 4.00. The Hall–Kier alpha value is -2.28. The van der Waals surface area contributed by atoms with Crippen molar-refractivity contribution in [1.29, 1.82) is 0 Å². The molecule has 162 valence electrons. The van der Waals surface area contributed by atoms with E-state index >= 15 is 0 Å². The predicted molar refractivity (Wildman–Crippen MR) is 111 cm³/mol. The Kier molecular flexibility index (Phi) is 4.33. The molecule has 30 heavy (non-hydrogen) atoms. The number of nitrogens with one attached hydrogen (secondary N) is 1. The highest BCUT2D eigenvalue weighted by molar-refractivity contribution is 6.10. The third-order valence-corrected chi connectivity index (χ3v) is 8.31. The van der Waals surface area contributed by atoms with E-state index in [9.17, 15) is 9.59 Å². The molecule has 4 bridgehead atoms. The number of fused-ring (bicyclic) bond motifs is 3. The highest BCUT2D eigenvalue weighted by Gasteiger charge is 2.75. The fourth-order valence-corrected chi connectivity index (χ4v) is 7.33. The minimum atomic E-state index is -0.956. The quantitative estimate of drug-likeness (QED) is 0.763. The lowest BCUT2D eigenvalue weighted by molar-refractivity contribution is -0.204. The summed E-state index contributed by atoms with van der Waals surface area (Å²) < 4.78 is 16.5. The monoisotopic (exact) mass is 414 g/mol. The number of hydrogen-bond acceptors (Lipinski definition) is 6. The molecule has 0 radical (unpaired) electrons. The Bertz CT molecular complexity index is 909. The van der Waals surface area contributed by atoms with Crippen molar-refractivity contribution in [2.45, 2.75) is 44.1 Å². The van der Waals surface area contributed by atoms with Gasteiger partial charge in [-0.25, -0.2) is 0 Å². The van der Waals surface area contributed by atoms with Crippen LogP contribution in [0.3, 0.4) is 0 Å². The van der Waals surface area contributed by atoms with Crippen molar-refractivity contribution >= 4 is 17.6 Å². The Labute approximate surface area is 177 Å². The first-order valence-electron chi connectivity index (χ1n) is 10.9. The molecule has 3 saturated heterocycles. The summed E-state index contributed by atoms with van der Waals surface area (Å²) in [6, 6.07) is 3.73. The van der Waals surface area contributed by atoms with Gasteiger partial charge in [0.25, 0.3) is 0 Å². The van der Waals surface area contributed by atoms with E-state index in [-0.39, 0.29) is 17.9 Å². The standard InChI is InChI=1S/C23H30N2O5/c1-5-14-8-13-11-23(21(27)30-4)19(14)25(12-13)7-6-22(23)15-9-17(28-2)18(29-3)10-16(15)24-20(22)26/h9-10,13-14,19H,5-8,11-12H2,1-4H3,(H,24,26). The highest BCUT2D eigenvalue weighted by atomic mass is 16.5. The van der Waals surface area contributed by atoms with Crippen LogP contribution in [-0.2, 0) is 19.7 Å². The molecule has 1 aliphatic carbocycles. The van der Waals surface area contributed by atoms with Crippen LogP contribution in [0, 0.1) is 17.3 Å². The Morgan fingerprint density at radius 3 is 2.63 bits per heavy atom. The van der Waals surface area contributed by atoms with Gasteiger partial charge in [0.15, 0.2) is 11.5 Å². The zero-order chi connectivity index (χ0) is 21.3. The zero-order valence-electron chi connectivity index (χ0n) is 18.1. The van der Waals surface area contributed by atoms with E-state index in [0.717, 1.165) is 31.5 Å². The maximum absolute atomic E-state index is 13.8. The molecule has 7 heteroatoms. The number of esters is 1. The van der Waals surface area contributed by atoms with Crippen molar-refractivity contribution in [2.24, 2.45) is 17.3 Å².